The number of rotatable bonds is 6. The normalized spacial score (nSPS) is 13.8. The van der Waals surface area contributed by atoms with Gasteiger partial charge in [-0.3, -0.25) is 0 Å². The van der Waals surface area contributed by atoms with Crippen molar-refractivity contribution in [3.8, 4) is 11.1 Å². The van der Waals surface area contributed by atoms with Gasteiger partial charge < -0.3 is 19.7 Å². The summed E-state index contributed by atoms with van der Waals surface area (Å²) >= 11 is 0. The molecule has 6 aromatic carbocycles. The van der Waals surface area contributed by atoms with Gasteiger partial charge in [-0.2, -0.15) is 0 Å². The minimum absolute atomic E-state index is 0.0689. The Labute approximate surface area is 273 Å². The minimum Gasteiger partial charge on any atom is -0.455 e. The Hall–Kier alpha value is -5.87. The van der Waals surface area contributed by atoms with Gasteiger partial charge in [0, 0.05) is 38.2 Å². The largest absolute Gasteiger partial charge is 0.455 e. The van der Waals surface area contributed by atoms with Crippen LogP contribution in [-0.4, -0.2) is 10.3 Å². The van der Waals surface area contributed by atoms with Crippen LogP contribution >= 0.6 is 0 Å². The van der Waals surface area contributed by atoms with E-state index in [4.69, 9.17) is 9.83 Å². The van der Waals surface area contributed by atoms with Gasteiger partial charge in [-0.15, -0.1) is 0 Å². The van der Waals surface area contributed by atoms with Gasteiger partial charge in [0.25, 0.3) is 0 Å². The molecule has 0 bridgehead atoms. The molecular weight excluding hydrogens is 574 g/mol. The second kappa shape index (κ2) is 10.3. The highest BCUT2D eigenvalue weighted by molar-refractivity contribution is 6.13. The van der Waals surface area contributed by atoms with Gasteiger partial charge in [-0.1, -0.05) is 117 Å². The summed E-state index contributed by atoms with van der Waals surface area (Å²) in [6.45, 7) is 5.18. The maximum absolute atomic E-state index is 9.08. The summed E-state index contributed by atoms with van der Waals surface area (Å²) in [7, 11) is 0. The third-order valence-electron chi connectivity index (χ3n) is 9.97. The SMILES string of the molecule is CC1(C)c2ccccc2-c2cc3c(cc21)c1ccccc1n3CN/C(=C\C(=N)c1ccccc1)c1cccc2c1oc1ccccc12. The monoisotopic (exact) mass is 607 g/mol. The van der Waals surface area contributed by atoms with Crippen LogP contribution in [0.5, 0.6) is 0 Å². The fraction of sp³-hybridized carbons (Fsp3) is 0.0930. The maximum atomic E-state index is 9.08. The molecule has 0 aliphatic heterocycles. The first-order valence-corrected chi connectivity index (χ1v) is 16.1. The second-order valence-electron chi connectivity index (χ2n) is 13.0. The van der Waals surface area contributed by atoms with Crippen LogP contribution in [0.2, 0.25) is 0 Å². The number of hydrogen-bond donors (Lipinski definition) is 2. The molecule has 8 aromatic rings. The van der Waals surface area contributed by atoms with E-state index in [1.807, 2.05) is 54.6 Å². The number of nitrogens with zero attached hydrogens (tertiary/aromatic N) is 1. The predicted molar refractivity (Wildman–Crippen MR) is 195 cm³/mol. The van der Waals surface area contributed by atoms with Crippen molar-refractivity contribution in [1.82, 2.24) is 9.88 Å². The molecule has 0 amide bonds. The van der Waals surface area contributed by atoms with E-state index in [0.29, 0.717) is 12.4 Å². The lowest BCUT2D eigenvalue weighted by Gasteiger charge is -2.21. The average molecular weight is 608 g/mol. The molecule has 2 aromatic heterocycles. The average Bonchev–Trinajstić information content (AvgIpc) is 3.72. The van der Waals surface area contributed by atoms with Crippen molar-refractivity contribution >= 4 is 55.2 Å². The molecule has 0 spiro atoms. The van der Waals surface area contributed by atoms with E-state index in [0.717, 1.165) is 38.8 Å². The summed E-state index contributed by atoms with van der Waals surface area (Å²) < 4.78 is 8.85. The van der Waals surface area contributed by atoms with Crippen molar-refractivity contribution in [2.24, 2.45) is 0 Å². The first-order valence-electron chi connectivity index (χ1n) is 16.1. The highest BCUT2D eigenvalue weighted by Gasteiger charge is 2.36. The third-order valence-corrected chi connectivity index (χ3v) is 9.97. The molecule has 47 heavy (non-hydrogen) atoms. The van der Waals surface area contributed by atoms with E-state index in [9.17, 15) is 0 Å². The fourth-order valence-corrected chi connectivity index (χ4v) is 7.61. The molecule has 4 nitrogen and oxygen atoms in total. The predicted octanol–water partition coefficient (Wildman–Crippen LogP) is 10.7. The van der Waals surface area contributed by atoms with Crippen molar-refractivity contribution in [2.45, 2.75) is 25.9 Å². The van der Waals surface area contributed by atoms with E-state index in [2.05, 4.69) is 109 Å². The highest BCUT2D eigenvalue weighted by atomic mass is 16.3. The molecule has 2 N–H and O–H groups in total. The zero-order chi connectivity index (χ0) is 31.7. The fourth-order valence-electron chi connectivity index (χ4n) is 7.61. The number of nitrogens with one attached hydrogen (secondary N) is 2. The van der Waals surface area contributed by atoms with Gasteiger partial charge in [-0.05, 0) is 64.2 Å². The Morgan fingerprint density at radius 2 is 1.40 bits per heavy atom. The number of furan rings is 1. The molecule has 0 saturated carbocycles. The van der Waals surface area contributed by atoms with Crippen LogP contribution in [-0.2, 0) is 12.1 Å². The molecule has 1 aliphatic carbocycles. The number of hydrogen-bond acceptors (Lipinski definition) is 3. The lowest BCUT2D eigenvalue weighted by atomic mass is 9.82. The number of aromatic nitrogens is 1. The van der Waals surface area contributed by atoms with E-state index in [1.165, 1.54) is 44.1 Å². The van der Waals surface area contributed by atoms with E-state index < -0.39 is 0 Å². The van der Waals surface area contributed by atoms with Crippen molar-refractivity contribution in [2.75, 3.05) is 0 Å². The summed E-state index contributed by atoms with van der Waals surface area (Å²) in [6.07, 6.45) is 1.93. The molecule has 4 heteroatoms. The van der Waals surface area contributed by atoms with Crippen LogP contribution in [0.3, 0.4) is 0 Å². The van der Waals surface area contributed by atoms with Crippen LogP contribution < -0.4 is 5.32 Å². The quantitative estimate of drug-likeness (QED) is 0.185. The van der Waals surface area contributed by atoms with Gasteiger partial charge in [-0.25, -0.2) is 0 Å². The van der Waals surface area contributed by atoms with Gasteiger partial charge in [0.05, 0.1) is 23.4 Å². The lowest BCUT2D eigenvalue weighted by molar-refractivity contribution is 0.660. The zero-order valence-corrected chi connectivity index (χ0v) is 26.3. The van der Waals surface area contributed by atoms with Crippen LogP contribution in [0, 0.1) is 5.41 Å². The van der Waals surface area contributed by atoms with Gasteiger partial charge in [0.2, 0.25) is 0 Å². The minimum atomic E-state index is -0.0689. The molecule has 0 atom stereocenters. The Balaban J connectivity index is 1.21. The molecule has 0 unspecified atom stereocenters. The number of fused-ring (bicyclic) bond motifs is 9. The lowest BCUT2D eigenvalue weighted by Crippen LogP contribution is -2.18. The Morgan fingerprint density at radius 1 is 0.681 bits per heavy atom. The van der Waals surface area contributed by atoms with Gasteiger partial charge >= 0.3 is 0 Å². The molecule has 0 radical (unpaired) electrons. The molecule has 0 fully saturated rings. The maximum Gasteiger partial charge on any atom is 0.144 e. The number of para-hydroxylation sites is 3. The molecule has 1 aliphatic rings. The van der Waals surface area contributed by atoms with Crippen molar-refractivity contribution in [3.05, 3.63) is 162 Å². The van der Waals surface area contributed by atoms with Crippen molar-refractivity contribution in [1.29, 1.82) is 5.41 Å². The first-order chi connectivity index (χ1) is 23.0. The van der Waals surface area contributed by atoms with Crippen LogP contribution in [0.15, 0.2) is 144 Å². The second-order valence-corrected chi connectivity index (χ2v) is 13.0. The van der Waals surface area contributed by atoms with Gasteiger partial charge in [0.1, 0.15) is 11.2 Å². The topological polar surface area (TPSA) is 54.0 Å². The Kier molecular flexibility index (Phi) is 6.03. The summed E-state index contributed by atoms with van der Waals surface area (Å²) in [5.41, 5.74) is 12.4. The van der Waals surface area contributed by atoms with Crippen LogP contribution in [0.4, 0.5) is 0 Å². The Bertz CT molecular complexity index is 2560. The van der Waals surface area contributed by atoms with E-state index >= 15 is 0 Å². The van der Waals surface area contributed by atoms with E-state index in [1.54, 1.807) is 0 Å². The standard InChI is InChI=1S/C43H33N3O/c1-43(2)35-20-9-6-15-28(35)33-24-40-34(23-36(33)43)29-16-7-10-21-39(29)46(40)26-45-38(25-37(44)27-13-4-3-5-14-27)32-19-12-18-31-30-17-8-11-22-41(30)47-42(31)32/h3-25,44-45H,26H2,1-2H3/b38-25-,44-37?. The van der Waals surface area contributed by atoms with Crippen molar-refractivity contribution < 1.29 is 4.42 Å². The van der Waals surface area contributed by atoms with Crippen LogP contribution in [0.25, 0.3) is 60.6 Å². The number of allylic oxidation sites excluding steroid dienone is 1. The summed E-state index contributed by atoms with van der Waals surface area (Å²) in [4.78, 5) is 0. The van der Waals surface area contributed by atoms with Crippen LogP contribution in [0.1, 0.15) is 36.1 Å². The van der Waals surface area contributed by atoms with E-state index in [-0.39, 0.29) is 5.41 Å². The summed E-state index contributed by atoms with van der Waals surface area (Å²) in [5.74, 6) is 0. The first kappa shape index (κ1) is 27.4. The summed E-state index contributed by atoms with van der Waals surface area (Å²) in [6, 6.07) is 46.6. The van der Waals surface area contributed by atoms with Gasteiger partial charge in [0.15, 0.2) is 0 Å². The Morgan fingerprint density at radius 3 is 2.28 bits per heavy atom. The molecule has 226 valence electrons. The van der Waals surface area contributed by atoms with Crippen molar-refractivity contribution in [3.63, 3.8) is 0 Å². The third kappa shape index (κ3) is 4.18. The molecular formula is C43H33N3O. The zero-order valence-electron chi connectivity index (χ0n) is 26.3. The number of benzene rings is 6. The molecule has 0 saturated heterocycles. The molecule has 9 rings (SSSR count). The smallest absolute Gasteiger partial charge is 0.144 e. The summed E-state index contributed by atoms with van der Waals surface area (Å²) in [5, 5.41) is 17.5. The highest BCUT2D eigenvalue weighted by Crippen LogP contribution is 2.50. The molecule has 2 heterocycles.